The molecule has 4 aromatic rings. The van der Waals surface area contributed by atoms with E-state index in [9.17, 15) is 4.79 Å². The number of fused-ring (bicyclic) bond motifs is 5. The summed E-state index contributed by atoms with van der Waals surface area (Å²) >= 11 is 0. The fraction of sp³-hybridized carbons (Fsp3) is 0.125. The van der Waals surface area contributed by atoms with E-state index >= 15 is 0 Å². The van der Waals surface area contributed by atoms with Gasteiger partial charge in [0.15, 0.2) is 0 Å². The van der Waals surface area contributed by atoms with Crippen molar-refractivity contribution < 1.29 is 4.79 Å². The van der Waals surface area contributed by atoms with Gasteiger partial charge in [0.05, 0.1) is 24.3 Å². The smallest absolute Gasteiger partial charge is 0.231 e. The molecule has 5 rings (SSSR count). The topological polar surface area (TPSA) is 36.1 Å². The number of aromatic nitrogens is 1. The minimum atomic E-state index is 0.131. The van der Waals surface area contributed by atoms with Crippen LogP contribution in [0.2, 0.25) is 0 Å². The van der Waals surface area contributed by atoms with Gasteiger partial charge in [-0.3, -0.25) is 4.79 Å². The number of carbonyl (C=O) groups excluding carboxylic acids is 1. The van der Waals surface area contributed by atoms with Crippen LogP contribution in [0.15, 0.2) is 72.8 Å². The first-order valence-electron chi connectivity index (χ1n) is 9.25. The van der Waals surface area contributed by atoms with E-state index in [1.54, 1.807) is 0 Å². The number of carbonyl (C=O) groups is 1. The van der Waals surface area contributed by atoms with Crippen molar-refractivity contribution in [3.8, 4) is 11.3 Å². The number of rotatable bonds is 2. The van der Waals surface area contributed by atoms with Crippen LogP contribution in [0, 0.1) is 6.92 Å². The van der Waals surface area contributed by atoms with Gasteiger partial charge in [-0.15, -0.1) is 0 Å². The van der Waals surface area contributed by atoms with Crippen LogP contribution < -0.4 is 4.90 Å². The number of amides is 1. The lowest BCUT2D eigenvalue weighted by Gasteiger charge is -2.23. The molecule has 0 aliphatic carbocycles. The Labute approximate surface area is 158 Å². The summed E-state index contributed by atoms with van der Waals surface area (Å²) < 4.78 is 0. The summed E-state index contributed by atoms with van der Waals surface area (Å²) in [5.41, 5.74) is 7.65. The molecule has 1 aliphatic heterocycles. The molecule has 27 heavy (non-hydrogen) atoms. The van der Waals surface area contributed by atoms with E-state index < -0.39 is 0 Å². The first kappa shape index (κ1) is 15.9. The number of aromatic amines is 1. The van der Waals surface area contributed by atoms with Gasteiger partial charge >= 0.3 is 0 Å². The van der Waals surface area contributed by atoms with Gasteiger partial charge in [-0.2, -0.15) is 0 Å². The SMILES string of the molecule is Cc1ccc(CN2C(=O)Cc3c([nH]c4ccccc34)-c3ccccc32)cc1. The van der Waals surface area contributed by atoms with Gasteiger partial charge in [0.1, 0.15) is 0 Å². The molecule has 0 radical (unpaired) electrons. The van der Waals surface area contributed by atoms with Gasteiger partial charge < -0.3 is 9.88 Å². The molecule has 132 valence electrons. The maximum atomic E-state index is 13.3. The number of para-hydroxylation sites is 2. The van der Waals surface area contributed by atoms with Gasteiger partial charge in [-0.25, -0.2) is 0 Å². The van der Waals surface area contributed by atoms with Crippen molar-refractivity contribution in [2.45, 2.75) is 19.9 Å². The number of aryl methyl sites for hydroxylation is 1. The normalized spacial score (nSPS) is 13.4. The average Bonchev–Trinajstić information content (AvgIpc) is 3.01. The summed E-state index contributed by atoms with van der Waals surface area (Å²) in [4.78, 5) is 18.7. The van der Waals surface area contributed by atoms with E-state index in [4.69, 9.17) is 0 Å². The van der Waals surface area contributed by atoms with Gasteiger partial charge in [0, 0.05) is 16.5 Å². The molecule has 1 N–H and O–H groups in total. The van der Waals surface area contributed by atoms with Crippen LogP contribution in [0.4, 0.5) is 5.69 Å². The second-order valence-corrected chi connectivity index (χ2v) is 7.18. The van der Waals surface area contributed by atoms with Crippen molar-refractivity contribution >= 4 is 22.5 Å². The molecule has 0 spiro atoms. The lowest BCUT2D eigenvalue weighted by Crippen LogP contribution is -2.31. The molecule has 1 aromatic heterocycles. The predicted molar refractivity (Wildman–Crippen MR) is 110 cm³/mol. The lowest BCUT2D eigenvalue weighted by atomic mass is 10.0. The summed E-state index contributed by atoms with van der Waals surface area (Å²) in [7, 11) is 0. The van der Waals surface area contributed by atoms with Crippen LogP contribution in [-0.2, 0) is 17.8 Å². The molecule has 0 fully saturated rings. The lowest BCUT2D eigenvalue weighted by molar-refractivity contribution is -0.118. The molecule has 2 heterocycles. The van der Waals surface area contributed by atoms with Crippen LogP contribution in [-0.4, -0.2) is 10.9 Å². The van der Waals surface area contributed by atoms with Crippen LogP contribution >= 0.6 is 0 Å². The van der Waals surface area contributed by atoms with Crippen LogP contribution in [0.3, 0.4) is 0 Å². The zero-order valence-corrected chi connectivity index (χ0v) is 15.2. The summed E-state index contributed by atoms with van der Waals surface area (Å²) in [5, 5.41) is 1.13. The van der Waals surface area contributed by atoms with E-state index in [2.05, 4.69) is 54.4 Å². The summed E-state index contributed by atoms with van der Waals surface area (Å²) in [5.74, 6) is 0.131. The van der Waals surface area contributed by atoms with Gasteiger partial charge in [-0.05, 0) is 30.2 Å². The van der Waals surface area contributed by atoms with Crippen molar-refractivity contribution in [2.24, 2.45) is 0 Å². The van der Waals surface area contributed by atoms with E-state index in [0.29, 0.717) is 13.0 Å². The molecule has 3 aromatic carbocycles. The summed E-state index contributed by atoms with van der Waals surface area (Å²) in [6.07, 6.45) is 0.403. The molecule has 0 saturated heterocycles. The Morgan fingerprint density at radius 2 is 1.67 bits per heavy atom. The number of hydrogen-bond acceptors (Lipinski definition) is 1. The van der Waals surface area contributed by atoms with Crippen molar-refractivity contribution in [1.29, 1.82) is 0 Å². The van der Waals surface area contributed by atoms with E-state index in [1.165, 1.54) is 5.56 Å². The standard InChI is InChI=1S/C24H20N2O/c1-16-10-12-17(13-11-16)15-26-22-9-5-3-7-19(22)24-20(14-23(26)27)18-6-2-4-8-21(18)25-24/h2-13,25H,14-15H2,1H3. The Hall–Kier alpha value is -3.33. The molecular formula is C24H20N2O. The number of H-pyrrole nitrogens is 1. The molecule has 1 amide bonds. The number of nitrogens with zero attached hydrogens (tertiary/aromatic N) is 1. The summed E-state index contributed by atoms with van der Waals surface area (Å²) in [6.45, 7) is 2.66. The fourth-order valence-electron chi connectivity index (χ4n) is 3.96. The minimum Gasteiger partial charge on any atom is -0.354 e. The zero-order chi connectivity index (χ0) is 18.4. The van der Waals surface area contributed by atoms with E-state index in [1.807, 2.05) is 35.2 Å². The van der Waals surface area contributed by atoms with Crippen molar-refractivity contribution in [3.05, 3.63) is 89.5 Å². The molecule has 0 atom stereocenters. The van der Waals surface area contributed by atoms with Crippen molar-refractivity contribution in [3.63, 3.8) is 0 Å². The minimum absolute atomic E-state index is 0.131. The zero-order valence-electron chi connectivity index (χ0n) is 15.2. The van der Waals surface area contributed by atoms with Crippen molar-refractivity contribution in [2.75, 3.05) is 4.90 Å². The van der Waals surface area contributed by atoms with Crippen molar-refractivity contribution in [1.82, 2.24) is 4.98 Å². The third kappa shape index (κ3) is 2.63. The second-order valence-electron chi connectivity index (χ2n) is 7.18. The molecular weight excluding hydrogens is 332 g/mol. The average molecular weight is 352 g/mol. The van der Waals surface area contributed by atoms with Crippen LogP contribution in [0.1, 0.15) is 16.7 Å². The predicted octanol–water partition coefficient (Wildman–Crippen LogP) is 5.23. The third-order valence-corrected chi connectivity index (χ3v) is 5.37. The molecule has 3 nitrogen and oxygen atoms in total. The second kappa shape index (κ2) is 6.13. The maximum Gasteiger partial charge on any atom is 0.231 e. The number of benzene rings is 3. The molecule has 0 bridgehead atoms. The molecule has 3 heteroatoms. The van der Waals surface area contributed by atoms with Gasteiger partial charge in [0.2, 0.25) is 5.91 Å². The molecule has 0 unspecified atom stereocenters. The monoisotopic (exact) mass is 352 g/mol. The number of anilines is 1. The highest BCUT2D eigenvalue weighted by Crippen LogP contribution is 2.40. The molecule has 0 saturated carbocycles. The van der Waals surface area contributed by atoms with E-state index in [-0.39, 0.29) is 5.91 Å². The Kier molecular flexibility index (Phi) is 3.61. The highest BCUT2D eigenvalue weighted by atomic mass is 16.2. The number of nitrogens with one attached hydrogen (secondary N) is 1. The Bertz CT molecular complexity index is 1150. The van der Waals surface area contributed by atoms with Gasteiger partial charge in [0.25, 0.3) is 0 Å². The Morgan fingerprint density at radius 3 is 2.52 bits per heavy atom. The third-order valence-electron chi connectivity index (χ3n) is 5.37. The first-order valence-corrected chi connectivity index (χ1v) is 9.25. The summed E-state index contributed by atoms with van der Waals surface area (Å²) in [6, 6.07) is 24.8. The van der Waals surface area contributed by atoms with Gasteiger partial charge in [-0.1, -0.05) is 66.2 Å². The Morgan fingerprint density at radius 1 is 0.926 bits per heavy atom. The van der Waals surface area contributed by atoms with Crippen LogP contribution in [0.5, 0.6) is 0 Å². The quantitative estimate of drug-likeness (QED) is 0.527. The van der Waals surface area contributed by atoms with Crippen LogP contribution in [0.25, 0.3) is 22.2 Å². The number of hydrogen-bond donors (Lipinski definition) is 1. The largest absolute Gasteiger partial charge is 0.354 e. The van der Waals surface area contributed by atoms with E-state index in [0.717, 1.165) is 39.0 Å². The Balaban J connectivity index is 1.66. The maximum absolute atomic E-state index is 13.3. The highest BCUT2D eigenvalue weighted by Gasteiger charge is 2.28. The molecule has 1 aliphatic rings. The fourth-order valence-corrected chi connectivity index (χ4v) is 3.96. The first-order chi connectivity index (χ1) is 13.2. The highest BCUT2D eigenvalue weighted by molar-refractivity contribution is 6.06.